The number of hydrogen-bond donors (Lipinski definition) is 0. The Morgan fingerprint density at radius 2 is 1.25 bits per heavy atom. The molecule has 3 aromatic carbocycles. The first-order valence-corrected chi connectivity index (χ1v) is 10.6. The lowest BCUT2D eigenvalue weighted by atomic mass is 9.52. The van der Waals surface area contributed by atoms with Crippen molar-refractivity contribution in [3.05, 3.63) is 108 Å². The molecule has 3 atom stereocenters. The van der Waals surface area contributed by atoms with Crippen LogP contribution in [0.1, 0.15) is 41.5 Å². The van der Waals surface area contributed by atoms with E-state index in [9.17, 15) is 0 Å². The van der Waals surface area contributed by atoms with E-state index in [1.165, 1.54) is 30.5 Å². The molecule has 3 aromatic rings. The van der Waals surface area contributed by atoms with E-state index in [1.54, 1.807) is 5.56 Å². The van der Waals surface area contributed by atoms with Crippen molar-refractivity contribution in [2.75, 3.05) is 13.6 Å². The van der Waals surface area contributed by atoms with Crippen molar-refractivity contribution in [1.82, 2.24) is 4.90 Å². The Morgan fingerprint density at radius 1 is 0.714 bits per heavy atom. The summed E-state index contributed by atoms with van der Waals surface area (Å²) in [7, 11) is 2.34. The lowest BCUT2D eigenvalue weighted by Crippen LogP contribution is -2.47. The second-order valence-corrected chi connectivity index (χ2v) is 9.36. The molecule has 1 heteroatoms. The predicted molar refractivity (Wildman–Crippen MR) is 114 cm³/mol. The number of nitrogens with zero attached hydrogens (tertiary/aromatic N) is 1. The molecule has 1 aliphatic heterocycles. The van der Waals surface area contributed by atoms with E-state index >= 15 is 0 Å². The van der Waals surface area contributed by atoms with Gasteiger partial charge in [-0.2, -0.15) is 0 Å². The third kappa shape index (κ3) is 2.01. The van der Waals surface area contributed by atoms with E-state index in [-0.39, 0.29) is 0 Å². The number of benzene rings is 3. The summed E-state index contributed by atoms with van der Waals surface area (Å²) in [4.78, 5) is 2.64. The molecule has 1 saturated heterocycles. The molecule has 0 aromatic heterocycles. The third-order valence-corrected chi connectivity index (χ3v) is 8.12. The molecule has 1 unspecified atom stereocenters. The van der Waals surface area contributed by atoms with Gasteiger partial charge in [0.15, 0.2) is 0 Å². The van der Waals surface area contributed by atoms with Crippen LogP contribution in [0.3, 0.4) is 0 Å². The fourth-order valence-electron chi connectivity index (χ4n) is 7.45. The molecule has 7 rings (SSSR count). The van der Waals surface area contributed by atoms with E-state index in [0.717, 1.165) is 5.92 Å². The zero-order valence-electron chi connectivity index (χ0n) is 16.5. The van der Waals surface area contributed by atoms with Gasteiger partial charge in [-0.05, 0) is 53.8 Å². The summed E-state index contributed by atoms with van der Waals surface area (Å²) < 4.78 is 0. The minimum absolute atomic E-state index is 0.307. The van der Waals surface area contributed by atoms with Crippen LogP contribution in [0.15, 0.2) is 91.0 Å². The monoisotopic (exact) mass is 365 g/mol. The first-order chi connectivity index (χ1) is 13.7. The largest absolute Gasteiger partial charge is 0.298 e. The minimum atomic E-state index is 0.307. The van der Waals surface area contributed by atoms with Gasteiger partial charge in [0.25, 0.3) is 0 Å². The van der Waals surface area contributed by atoms with Gasteiger partial charge in [-0.25, -0.2) is 0 Å². The smallest absolute Gasteiger partial charge is 0.0405 e. The van der Waals surface area contributed by atoms with Crippen molar-refractivity contribution in [2.24, 2.45) is 11.3 Å². The highest BCUT2D eigenvalue weighted by Crippen LogP contribution is 2.81. The summed E-state index contributed by atoms with van der Waals surface area (Å²) in [6, 6.07) is 34.5. The van der Waals surface area contributed by atoms with Gasteiger partial charge in [0.05, 0.1) is 0 Å². The molecule has 28 heavy (non-hydrogen) atoms. The molecule has 3 saturated carbocycles. The molecule has 0 amide bonds. The quantitative estimate of drug-likeness (QED) is 0.566. The van der Waals surface area contributed by atoms with Crippen LogP contribution in [0.5, 0.6) is 0 Å². The molecule has 1 spiro atoms. The summed E-state index contributed by atoms with van der Waals surface area (Å²) in [5, 5.41) is 0. The number of rotatable bonds is 3. The average molecular weight is 366 g/mol. The summed E-state index contributed by atoms with van der Waals surface area (Å²) in [5.41, 5.74) is 5.31. The molecule has 0 radical (unpaired) electrons. The first-order valence-electron chi connectivity index (χ1n) is 10.6. The Labute approximate surface area is 168 Å². The molecule has 140 valence electrons. The molecular weight excluding hydrogens is 338 g/mol. The van der Waals surface area contributed by atoms with Crippen LogP contribution in [0.2, 0.25) is 0 Å². The second kappa shape index (κ2) is 5.81. The van der Waals surface area contributed by atoms with Gasteiger partial charge in [-0.3, -0.25) is 4.90 Å². The fraction of sp³-hybridized carbons (Fsp3) is 0.333. The van der Waals surface area contributed by atoms with Crippen LogP contribution in [-0.4, -0.2) is 18.5 Å². The van der Waals surface area contributed by atoms with Gasteiger partial charge < -0.3 is 0 Å². The Kier molecular flexibility index (Phi) is 3.44. The topological polar surface area (TPSA) is 3.24 Å². The summed E-state index contributed by atoms with van der Waals surface area (Å²) in [6.07, 6.45) is 2.64. The number of hydrogen-bond acceptors (Lipinski definition) is 1. The maximum atomic E-state index is 2.64. The highest BCUT2D eigenvalue weighted by molar-refractivity contribution is 5.48. The van der Waals surface area contributed by atoms with Crippen LogP contribution < -0.4 is 0 Å². The molecule has 4 aliphatic rings. The van der Waals surface area contributed by atoms with Gasteiger partial charge >= 0.3 is 0 Å². The van der Waals surface area contributed by atoms with Crippen molar-refractivity contribution in [2.45, 2.75) is 30.2 Å². The first kappa shape index (κ1) is 16.6. The van der Waals surface area contributed by atoms with Gasteiger partial charge in [0.2, 0.25) is 0 Å². The summed E-state index contributed by atoms with van der Waals surface area (Å²) in [6.45, 7) is 1.20. The molecular formula is C27H27N. The molecule has 1 nitrogen and oxygen atoms in total. The Balaban J connectivity index is 1.50. The fourth-order valence-corrected chi connectivity index (χ4v) is 7.45. The highest BCUT2D eigenvalue weighted by Gasteiger charge is 2.76. The zero-order chi connectivity index (χ0) is 18.8. The number of likely N-dealkylation sites (tertiary alicyclic amines) is 1. The van der Waals surface area contributed by atoms with Crippen molar-refractivity contribution in [1.29, 1.82) is 0 Å². The van der Waals surface area contributed by atoms with Crippen LogP contribution in [0.25, 0.3) is 0 Å². The average Bonchev–Trinajstić information content (AvgIpc) is 3.27. The SMILES string of the molecule is CN1C[C@@H]2C(c3ccccc3)C3(c4ccccc4)CC2(C3)[C@H]1c1ccccc1. The van der Waals surface area contributed by atoms with E-state index in [0.29, 0.717) is 22.8 Å². The summed E-state index contributed by atoms with van der Waals surface area (Å²) in [5.74, 6) is 1.34. The molecule has 0 N–H and O–H groups in total. The Morgan fingerprint density at radius 3 is 1.86 bits per heavy atom. The van der Waals surface area contributed by atoms with Gasteiger partial charge in [-0.1, -0.05) is 91.0 Å². The van der Waals surface area contributed by atoms with Crippen molar-refractivity contribution < 1.29 is 0 Å². The van der Waals surface area contributed by atoms with Crippen molar-refractivity contribution >= 4 is 0 Å². The van der Waals surface area contributed by atoms with Crippen molar-refractivity contribution in [3.8, 4) is 0 Å². The molecule has 1 heterocycles. The maximum absolute atomic E-state index is 2.64. The lowest BCUT2D eigenvalue weighted by molar-refractivity contribution is 0.0399. The van der Waals surface area contributed by atoms with Crippen LogP contribution in [0.4, 0.5) is 0 Å². The highest BCUT2D eigenvalue weighted by atomic mass is 15.2. The molecule has 4 fully saturated rings. The van der Waals surface area contributed by atoms with Gasteiger partial charge in [0.1, 0.15) is 0 Å². The third-order valence-electron chi connectivity index (χ3n) is 8.12. The van der Waals surface area contributed by atoms with E-state index in [4.69, 9.17) is 0 Å². The Hall–Kier alpha value is -2.38. The normalized spacial score (nSPS) is 36.1. The van der Waals surface area contributed by atoms with Crippen molar-refractivity contribution in [3.63, 3.8) is 0 Å². The maximum Gasteiger partial charge on any atom is 0.0405 e. The van der Waals surface area contributed by atoms with Crippen LogP contribution in [-0.2, 0) is 5.41 Å². The minimum Gasteiger partial charge on any atom is -0.298 e. The molecule has 2 bridgehead atoms. The van der Waals surface area contributed by atoms with E-state index in [2.05, 4.69) is 103 Å². The zero-order valence-corrected chi connectivity index (χ0v) is 16.5. The van der Waals surface area contributed by atoms with Gasteiger partial charge in [-0.15, -0.1) is 0 Å². The van der Waals surface area contributed by atoms with Gasteiger partial charge in [0, 0.05) is 18.0 Å². The Bertz CT molecular complexity index is 973. The van der Waals surface area contributed by atoms with Crippen LogP contribution in [0, 0.1) is 11.3 Å². The molecule has 3 aliphatic carbocycles. The van der Waals surface area contributed by atoms with E-state index in [1.807, 2.05) is 0 Å². The lowest BCUT2D eigenvalue weighted by Gasteiger charge is -2.53. The van der Waals surface area contributed by atoms with Crippen LogP contribution >= 0.6 is 0 Å². The second-order valence-electron chi connectivity index (χ2n) is 9.36. The predicted octanol–water partition coefficient (Wildman–Crippen LogP) is 5.80. The van der Waals surface area contributed by atoms with E-state index < -0.39 is 0 Å². The summed E-state index contributed by atoms with van der Waals surface area (Å²) >= 11 is 0. The standard InChI is InChI=1S/C27H27N/c1-28-17-23-24(20-11-5-2-6-12-20)26(22-15-9-4-10-16-22)18-27(23,19-26)25(28)21-13-7-3-8-14-21/h2-16,23-25H,17-19H2,1H3/t23-,24?,25-,26?,27?/m1/s1.